The summed E-state index contributed by atoms with van der Waals surface area (Å²) in [4.78, 5) is 25.7. The summed E-state index contributed by atoms with van der Waals surface area (Å²) >= 11 is 0. The zero-order chi connectivity index (χ0) is 15.4. The maximum absolute atomic E-state index is 12.2. The Morgan fingerprint density at radius 2 is 2.10 bits per heavy atom. The molecule has 0 spiro atoms. The summed E-state index contributed by atoms with van der Waals surface area (Å²) < 4.78 is 0. The lowest BCUT2D eigenvalue weighted by molar-refractivity contribution is -0.121. The van der Waals surface area contributed by atoms with Gasteiger partial charge in [-0.05, 0) is 43.5 Å². The van der Waals surface area contributed by atoms with E-state index in [1.54, 1.807) is 4.90 Å². The van der Waals surface area contributed by atoms with Gasteiger partial charge in [-0.15, -0.1) is 0 Å². The molecule has 2 rings (SSSR count). The number of rotatable bonds is 5. The number of hydrogen-bond donors (Lipinski definition) is 1. The molecular formula is C17H24N2O2. The molecule has 0 aromatic heterocycles. The van der Waals surface area contributed by atoms with E-state index in [-0.39, 0.29) is 17.9 Å². The molecule has 4 heteroatoms. The number of aryl methyl sites for hydroxylation is 2. The molecule has 21 heavy (non-hydrogen) atoms. The van der Waals surface area contributed by atoms with E-state index in [9.17, 15) is 9.59 Å². The van der Waals surface area contributed by atoms with Gasteiger partial charge in [-0.25, -0.2) is 0 Å². The summed E-state index contributed by atoms with van der Waals surface area (Å²) in [5.41, 5.74) is 3.32. The zero-order valence-electron chi connectivity index (χ0n) is 13.1. The molecule has 1 fully saturated rings. The summed E-state index contributed by atoms with van der Waals surface area (Å²) in [6, 6.07) is 5.98. The molecule has 0 saturated carbocycles. The van der Waals surface area contributed by atoms with Crippen molar-refractivity contribution >= 4 is 17.5 Å². The van der Waals surface area contributed by atoms with Crippen LogP contribution in [0.25, 0.3) is 0 Å². The molecule has 1 aromatic carbocycles. The number of hydrogen-bond acceptors (Lipinski definition) is 2. The van der Waals surface area contributed by atoms with Crippen LogP contribution in [0.5, 0.6) is 0 Å². The van der Waals surface area contributed by atoms with Crippen LogP contribution < -0.4 is 10.2 Å². The number of carbonyl (C=O) groups is 2. The van der Waals surface area contributed by atoms with Gasteiger partial charge in [0.2, 0.25) is 11.8 Å². The Bertz CT molecular complexity index is 540. The third kappa shape index (κ3) is 3.84. The summed E-state index contributed by atoms with van der Waals surface area (Å²) in [6.45, 7) is 6.73. The highest BCUT2D eigenvalue weighted by atomic mass is 16.2. The van der Waals surface area contributed by atoms with Gasteiger partial charge in [0.15, 0.2) is 0 Å². The first-order valence-corrected chi connectivity index (χ1v) is 7.68. The fourth-order valence-electron chi connectivity index (χ4n) is 2.58. The number of nitrogens with zero attached hydrogens (tertiary/aromatic N) is 1. The minimum Gasteiger partial charge on any atom is -0.351 e. The van der Waals surface area contributed by atoms with E-state index in [0.717, 1.165) is 18.5 Å². The van der Waals surface area contributed by atoms with Crippen LogP contribution in [0, 0.1) is 13.8 Å². The smallest absolute Gasteiger partial charge is 0.229 e. The maximum atomic E-state index is 12.2. The molecule has 1 atom stereocenters. The average molecular weight is 288 g/mol. The van der Waals surface area contributed by atoms with Crippen LogP contribution >= 0.6 is 0 Å². The molecule has 0 bridgehead atoms. The second-order valence-corrected chi connectivity index (χ2v) is 5.85. The Balaban J connectivity index is 1.99. The van der Waals surface area contributed by atoms with Crippen LogP contribution in [0.1, 0.15) is 43.7 Å². The highest BCUT2D eigenvalue weighted by Gasteiger charge is 2.31. The molecule has 1 N–H and O–H groups in total. The van der Waals surface area contributed by atoms with Gasteiger partial charge in [0, 0.05) is 25.1 Å². The Kier molecular flexibility index (Phi) is 4.99. The van der Waals surface area contributed by atoms with Crippen LogP contribution in [-0.4, -0.2) is 24.4 Å². The SMILES string of the molecule is CCCCC(=O)NC1CC(=O)N(c2ccc(C)c(C)c2)C1. The topological polar surface area (TPSA) is 49.4 Å². The molecule has 1 aromatic rings. The predicted molar refractivity (Wildman–Crippen MR) is 84.3 cm³/mol. The molecule has 1 heterocycles. The van der Waals surface area contributed by atoms with Crippen molar-refractivity contribution in [2.75, 3.05) is 11.4 Å². The molecule has 1 unspecified atom stereocenters. The number of anilines is 1. The van der Waals surface area contributed by atoms with Crippen LogP contribution in [0.15, 0.2) is 18.2 Å². The standard InChI is InChI=1S/C17H24N2O2/c1-4-5-6-16(20)18-14-10-17(21)19(11-14)15-8-7-12(2)13(3)9-15/h7-9,14H,4-6,10-11H2,1-3H3,(H,18,20). The number of carbonyl (C=O) groups excluding carboxylic acids is 2. The lowest BCUT2D eigenvalue weighted by Gasteiger charge is -2.18. The summed E-state index contributed by atoms with van der Waals surface area (Å²) in [5.74, 6) is 0.135. The number of nitrogens with one attached hydrogen (secondary N) is 1. The van der Waals surface area contributed by atoms with Gasteiger partial charge >= 0.3 is 0 Å². The normalized spacial score (nSPS) is 18.1. The molecule has 0 radical (unpaired) electrons. The van der Waals surface area contributed by atoms with Gasteiger partial charge in [-0.2, -0.15) is 0 Å². The van der Waals surface area contributed by atoms with Crippen molar-refractivity contribution in [3.05, 3.63) is 29.3 Å². The molecule has 1 aliphatic heterocycles. The van der Waals surface area contributed by atoms with E-state index in [2.05, 4.69) is 19.2 Å². The summed E-state index contributed by atoms with van der Waals surface area (Å²) in [6.07, 6.45) is 2.84. The van der Waals surface area contributed by atoms with Crippen LogP contribution in [0.4, 0.5) is 5.69 Å². The van der Waals surface area contributed by atoms with Crippen LogP contribution in [-0.2, 0) is 9.59 Å². The third-order valence-electron chi connectivity index (χ3n) is 4.05. The first kappa shape index (κ1) is 15.5. The second-order valence-electron chi connectivity index (χ2n) is 5.85. The van der Waals surface area contributed by atoms with Gasteiger partial charge in [-0.1, -0.05) is 19.4 Å². The largest absolute Gasteiger partial charge is 0.351 e. The summed E-state index contributed by atoms with van der Waals surface area (Å²) in [7, 11) is 0. The van der Waals surface area contributed by atoms with Crippen molar-refractivity contribution in [1.29, 1.82) is 0 Å². The Morgan fingerprint density at radius 3 is 2.76 bits per heavy atom. The van der Waals surface area contributed by atoms with E-state index in [4.69, 9.17) is 0 Å². The van der Waals surface area contributed by atoms with Crippen LogP contribution in [0.3, 0.4) is 0 Å². The average Bonchev–Trinajstić information content (AvgIpc) is 2.80. The van der Waals surface area contributed by atoms with Gasteiger partial charge in [-0.3, -0.25) is 9.59 Å². The van der Waals surface area contributed by atoms with Crippen molar-refractivity contribution in [2.45, 2.75) is 52.5 Å². The third-order valence-corrected chi connectivity index (χ3v) is 4.05. The highest BCUT2D eigenvalue weighted by Crippen LogP contribution is 2.24. The number of benzene rings is 1. The van der Waals surface area contributed by atoms with E-state index in [1.165, 1.54) is 11.1 Å². The lowest BCUT2D eigenvalue weighted by Crippen LogP contribution is -2.37. The van der Waals surface area contributed by atoms with Gasteiger partial charge < -0.3 is 10.2 Å². The summed E-state index contributed by atoms with van der Waals surface area (Å²) in [5, 5.41) is 2.97. The number of amides is 2. The van der Waals surface area contributed by atoms with E-state index >= 15 is 0 Å². The van der Waals surface area contributed by atoms with Crippen molar-refractivity contribution in [3.63, 3.8) is 0 Å². The minimum atomic E-state index is -0.0662. The second kappa shape index (κ2) is 6.74. The predicted octanol–water partition coefficient (Wildman–Crippen LogP) is 2.72. The Hall–Kier alpha value is -1.84. The number of unbranched alkanes of at least 4 members (excludes halogenated alkanes) is 1. The van der Waals surface area contributed by atoms with E-state index < -0.39 is 0 Å². The van der Waals surface area contributed by atoms with Crippen molar-refractivity contribution in [2.24, 2.45) is 0 Å². The Labute approximate surface area is 126 Å². The molecule has 1 saturated heterocycles. The molecule has 2 amide bonds. The highest BCUT2D eigenvalue weighted by molar-refractivity contribution is 5.97. The fourth-order valence-corrected chi connectivity index (χ4v) is 2.58. The maximum Gasteiger partial charge on any atom is 0.229 e. The van der Waals surface area contributed by atoms with E-state index in [0.29, 0.717) is 19.4 Å². The van der Waals surface area contributed by atoms with Crippen molar-refractivity contribution < 1.29 is 9.59 Å². The van der Waals surface area contributed by atoms with Crippen LogP contribution in [0.2, 0.25) is 0 Å². The van der Waals surface area contributed by atoms with Gasteiger partial charge in [0.1, 0.15) is 0 Å². The molecule has 0 aliphatic carbocycles. The molecule has 1 aliphatic rings. The van der Waals surface area contributed by atoms with Crippen molar-refractivity contribution in [3.8, 4) is 0 Å². The van der Waals surface area contributed by atoms with Crippen molar-refractivity contribution in [1.82, 2.24) is 5.32 Å². The molecule has 114 valence electrons. The first-order chi connectivity index (χ1) is 10.0. The molecular weight excluding hydrogens is 264 g/mol. The van der Waals surface area contributed by atoms with E-state index in [1.807, 2.05) is 25.1 Å². The Morgan fingerprint density at radius 1 is 1.33 bits per heavy atom. The lowest BCUT2D eigenvalue weighted by atomic mass is 10.1. The van der Waals surface area contributed by atoms with Gasteiger partial charge in [0.05, 0.1) is 6.04 Å². The molecule has 4 nitrogen and oxygen atoms in total. The monoisotopic (exact) mass is 288 g/mol. The fraction of sp³-hybridized carbons (Fsp3) is 0.529. The first-order valence-electron chi connectivity index (χ1n) is 7.68. The zero-order valence-corrected chi connectivity index (χ0v) is 13.1. The quantitative estimate of drug-likeness (QED) is 0.905. The van der Waals surface area contributed by atoms with Gasteiger partial charge in [0.25, 0.3) is 0 Å². The minimum absolute atomic E-state index is 0.0524.